The Kier molecular flexibility index (Phi) is 6.73. The molecule has 1 atom stereocenters. The van der Waals surface area contributed by atoms with Gasteiger partial charge in [0.15, 0.2) is 0 Å². The highest BCUT2D eigenvalue weighted by Crippen LogP contribution is 2.37. The van der Waals surface area contributed by atoms with E-state index in [0.29, 0.717) is 6.04 Å². The summed E-state index contributed by atoms with van der Waals surface area (Å²) in [5.41, 5.74) is 7.58. The second-order valence-corrected chi connectivity index (χ2v) is 5.53. The van der Waals surface area contributed by atoms with Crippen LogP contribution in [0.5, 0.6) is 0 Å². The van der Waals surface area contributed by atoms with E-state index in [4.69, 9.17) is 5.73 Å². The zero-order valence-electron chi connectivity index (χ0n) is 11.3. The largest absolute Gasteiger partial charge is 0.328 e. The van der Waals surface area contributed by atoms with Gasteiger partial charge in [-0.25, -0.2) is 0 Å². The number of hydrogen-bond acceptors (Lipinski definition) is 1. The number of halogens is 1. The Morgan fingerprint density at radius 1 is 1.11 bits per heavy atom. The van der Waals surface area contributed by atoms with E-state index in [2.05, 4.69) is 37.3 Å². The summed E-state index contributed by atoms with van der Waals surface area (Å²) in [5.74, 6) is 1.68. The van der Waals surface area contributed by atoms with Gasteiger partial charge in [0, 0.05) is 6.04 Å². The van der Waals surface area contributed by atoms with Gasteiger partial charge in [0.2, 0.25) is 0 Å². The molecule has 0 bridgehead atoms. The fourth-order valence-corrected chi connectivity index (χ4v) is 3.05. The molecule has 2 heteroatoms. The van der Waals surface area contributed by atoms with Crippen LogP contribution in [0.2, 0.25) is 0 Å². The molecule has 0 aliphatic heterocycles. The maximum Gasteiger partial charge on any atom is 0.00388 e. The third-order valence-corrected chi connectivity index (χ3v) is 4.28. The predicted molar refractivity (Wildman–Crippen MR) is 81.3 cm³/mol. The highest BCUT2D eigenvalue weighted by Gasteiger charge is 2.23. The fourth-order valence-electron chi connectivity index (χ4n) is 3.05. The van der Waals surface area contributed by atoms with Gasteiger partial charge in [-0.3, -0.25) is 0 Å². The van der Waals surface area contributed by atoms with Gasteiger partial charge in [-0.05, 0) is 55.9 Å². The monoisotopic (exact) mass is 267 g/mol. The minimum atomic E-state index is 0. The van der Waals surface area contributed by atoms with E-state index < -0.39 is 0 Å². The van der Waals surface area contributed by atoms with Crippen molar-refractivity contribution in [3.8, 4) is 0 Å². The van der Waals surface area contributed by atoms with Gasteiger partial charge in [-0.15, -0.1) is 12.4 Å². The van der Waals surface area contributed by atoms with E-state index in [1.165, 1.54) is 37.7 Å². The maximum atomic E-state index is 6.05. The van der Waals surface area contributed by atoms with Gasteiger partial charge in [0.1, 0.15) is 0 Å². The van der Waals surface area contributed by atoms with Crippen molar-refractivity contribution in [2.45, 2.75) is 57.4 Å². The van der Waals surface area contributed by atoms with Gasteiger partial charge in [-0.2, -0.15) is 0 Å². The zero-order chi connectivity index (χ0) is 12.1. The Balaban J connectivity index is 0.00000162. The van der Waals surface area contributed by atoms with E-state index in [1.54, 1.807) is 0 Å². The Bertz CT molecular complexity index is 317. The van der Waals surface area contributed by atoms with E-state index >= 15 is 0 Å². The second-order valence-electron chi connectivity index (χ2n) is 5.53. The van der Waals surface area contributed by atoms with Crippen molar-refractivity contribution < 1.29 is 0 Å². The summed E-state index contributed by atoms with van der Waals surface area (Å²) in [6.45, 7) is 2.19. The van der Waals surface area contributed by atoms with Crippen molar-refractivity contribution in [3.63, 3.8) is 0 Å². The standard InChI is InChI=1S/C16H25N.ClH/c1-2-16(17)12-13-8-10-15(11-9-13)14-6-4-3-5-7-14;/h3-7,13,15-16H,2,8-12,17H2,1H3;1H. The molecular weight excluding hydrogens is 242 g/mol. The van der Waals surface area contributed by atoms with Gasteiger partial charge < -0.3 is 5.73 Å². The van der Waals surface area contributed by atoms with Crippen LogP contribution in [-0.4, -0.2) is 6.04 Å². The molecule has 2 rings (SSSR count). The van der Waals surface area contributed by atoms with Crippen LogP contribution < -0.4 is 5.73 Å². The first-order valence-electron chi connectivity index (χ1n) is 7.10. The van der Waals surface area contributed by atoms with Crippen LogP contribution in [0.1, 0.15) is 56.9 Å². The summed E-state index contributed by atoms with van der Waals surface area (Å²) < 4.78 is 0. The lowest BCUT2D eigenvalue weighted by Crippen LogP contribution is -2.25. The van der Waals surface area contributed by atoms with Crippen molar-refractivity contribution >= 4 is 12.4 Å². The number of rotatable bonds is 4. The molecule has 1 aromatic carbocycles. The average molecular weight is 268 g/mol. The number of hydrogen-bond donors (Lipinski definition) is 1. The molecule has 0 amide bonds. The topological polar surface area (TPSA) is 26.0 Å². The molecule has 1 unspecified atom stereocenters. The lowest BCUT2D eigenvalue weighted by atomic mass is 9.76. The summed E-state index contributed by atoms with van der Waals surface area (Å²) in [6, 6.07) is 11.4. The van der Waals surface area contributed by atoms with E-state index in [9.17, 15) is 0 Å². The van der Waals surface area contributed by atoms with Crippen LogP contribution in [0, 0.1) is 5.92 Å². The van der Waals surface area contributed by atoms with Gasteiger partial charge in [0.05, 0.1) is 0 Å². The molecule has 0 spiro atoms. The molecule has 0 aromatic heterocycles. The van der Waals surface area contributed by atoms with Crippen LogP contribution in [0.15, 0.2) is 30.3 Å². The van der Waals surface area contributed by atoms with Crippen molar-refractivity contribution in [1.82, 2.24) is 0 Å². The highest BCUT2D eigenvalue weighted by atomic mass is 35.5. The van der Waals surface area contributed by atoms with Gasteiger partial charge in [0.25, 0.3) is 0 Å². The first-order chi connectivity index (χ1) is 8.29. The number of nitrogens with two attached hydrogens (primary N) is 1. The molecule has 2 N–H and O–H groups in total. The van der Waals surface area contributed by atoms with Gasteiger partial charge in [-0.1, -0.05) is 37.3 Å². The van der Waals surface area contributed by atoms with Crippen LogP contribution in [0.3, 0.4) is 0 Å². The number of benzene rings is 1. The van der Waals surface area contributed by atoms with Crippen molar-refractivity contribution in [2.75, 3.05) is 0 Å². The maximum absolute atomic E-state index is 6.05. The Labute approximate surface area is 118 Å². The van der Waals surface area contributed by atoms with Crippen molar-refractivity contribution in [1.29, 1.82) is 0 Å². The fraction of sp³-hybridized carbons (Fsp3) is 0.625. The normalized spacial score (nSPS) is 25.2. The SMILES string of the molecule is CCC(N)CC1CCC(c2ccccc2)CC1.Cl. The molecular formula is C16H26ClN. The molecule has 1 aromatic rings. The predicted octanol–water partition coefficient (Wildman–Crippen LogP) is 4.51. The van der Waals surface area contributed by atoms with Gasteiger partial charge >= 0.3 is 0 Å². The van der Waals surface area contributed by atoms with Crippen LogP contribution in [-0.2, 0) is 0 Å². The lowest BCUT2D eigenvalue weighted by molar-refractivity contribution is 0.291. The minimum Gasteiger partial charge on any atom is -0.328 e. The summed E-state index contributed by atoms with van der Waals surface area (Å²) in [5, 5.41) is 0. The quantitative estimate of drug-likeness (QED) is 0.853. The smallest absolute Gasteiger partial charge is 0.00388 e. The average Bonchev–Trinajstić information content (AvgIpc) is 2.40. The lowest BCUT2D eigenvalue weighted by Gasteiger charge is -2.30. The molecule has 0 heterocycles. The second kappa shape index (κ2) is 7.81. The summed E-state index contributed by atoms with van der Waals surface area (Å²) >= 11 is 0. The molecule has 1 aliphatic carbocycles. The summed E-state index contributed by atoms with van der Waals surface area (Å²) in [7, 11) is 0. The highest BCUT2D eigenvalue weighted by molar-refractivity contribution is 5.85. The first-order valence-corrected chi connectivity index (χ1v) is 7.10. The Hall–Kier alpha value is -0.530. The van der Waals surface area contributed by atoms with Crippen LogP contribution in [0.4, 0.5) is 0 Å². The van der Waals surface area contributed by atoms with Crippen LogP contribution in [0.25, 0.3) is 0 Å². The molecule has 1 aliphatic rings. The third-order valence-electron chi connectivity index (χ3n) is 4.28. The molecule has 1 nitrogen and oxygen atoms in total. The summed E-state index contributed by atoms with van der Waals surface area (Å²) in [4.78, 5) is 0. The van der Waals surface area contributed by atoms with E-state index in [-0.39, 0.29) is 12.4 Å². The molecule has 1 fully saturated rings. The third kappa shape index (κ3) is 4.29. The van der Waals surface area contributed by atoms with Crippen LogP contribution >= 0.6 is 12.4 Å². The van der Waals surface area contributed by atoms with E-state index in [0.717, 1.165) is 18.3 Å². The molecule has 102 valence electrons. The zero-order valence-corrected chi connectivity index (χ0v) is 12.2. The minimum absolute atomic E-state index is 0. The summed E-state index contributed by atoms with van der Waals surface area (Å²) in [6.07, 6.45) is 7.80. The molecule has 0 radical (unpaired) electrons. The first kappa shape index (κ1) is 15.5. The molecule has 1 saturated carbocycles. The molecule has 18 heavy (non-hydrogen) atoms. The van der Waals surface area contributed by atoms with Crippen molar-refractivity contribution in [2.24, 2.45) is 11.7 Å². The Morgan fingerprint density at radius 3 is 2.28 bits per heavy atom. The van der Waals surface area contributed by atoms with E-state index in [1.807, 2.05) is 0 Å². The molecule has 0 saturated heterocycles. The Morgan fingerprint density at radius 2 is 1.72 bits per heavy atom. The van der Waals surface area contributed by atoms with Crippen molar-refractivity contribution in [3.05, 3.63) is 35.9 Å².